The minimum atomic E-state index is -0.189. The first-order chi connectivity index (χ1) is 13.5. The van der Waals surface area contributed by atoms with Gasteiger partial charge in [-0.2, -0.15) is 5.10 Å². The molecule has 1 aliphatic rings. The van der Waals surface area contributed by atoms with E-state index in [0.717, 1.165) is 23.4 Å². The van der Waals surface area contributed by atoms with Gasteiger partial charge in [-0.3, -0.25) is 4.79 Å². The van der Waals surface area contributed by atoms with Crippen molar-refractivity contribution in [2.45, 2.75) is 32.5 Å². The highest BCUT2D eigenvalue weighted by Gasteiger charge is 2.36. The molecule has 0 aliphatic carbocycles. The van der Waals surface area contributed by atoms with Crippen molar-refractivity contribution in [2.24, 2.45) is 0 Å². The SMILES string of the molecule is CO[C@H]1CN(c2cnn(Cc3c(-c4ccc(Cl)nc4)noc3C)c(=O)c2)[C@H]1C. The highest BCUT2D eigenvalue weighted by Crippen LogP contribution is 2.28. The van der Waals surface area contributed by atoms with E-state index in [2.05, 4.69) is 27.1 Å². The number of aromatic nitrogens is 4. The van der Waals surface area contributed by atoms with Gasteiger partial charge in [0.05, 0.1) is 30.6 Å². The lowest BCUT2D eigenvalue weighted by molar-refractivity contribution is 0.0459. The molecule has 1 aliphatic heterocycles. The monoisotopic (exact) mass is 401 g/mol. The summed E-state index contributed by atoms with van der Waals surface area (Å²) in [6, 6.07) is 5.31. The molecule has 1 saturated heterocycles. The fourth-order valence-electron chi connectivity index (χ4n) is 3.36. The Morgan fingerprint density at radius 1 is 1.36 bits per heavy atom. The van der Waals surface area contributed by atoms with Crippen LogP contribution in [0.5, 0.6) is 0 Å². The summed E-state index contributed by atoms with van der Waals surface area (Å²) in [5, 5.41) is 8.86. The van der Waals surface area contributed by atoms with E-state index in [4.69, 9.17) is 20.9 Å². The molecule has 1 fully saturated rings. The van der Waals surface area contributed by atoms with Gasteiger partial charge in [-0.05, 0) is 26.0 Å². The summed E-state index contributed by atoms with van der Waals surface area (Å²) in [6.45, 7) is 4.88. The second-order valence-corrected chi connectivity index (χ2v) is 7.20. The molecule has 3 aromatic rings. The second-order valence-electron chi connectivity index (χ2n) is 6.81. The average Bonchev–Trinajstić information content (AvgIpc) is 3.04. The van der Waals surface area contributed by atoms with E-state index in [9.17, 15) is 4.79 Å². The van der Waals surface area contributed by atoms with E-state index in [1.54, 1.807) is 38.6 Å². The van der Waals surface area contributed by atoms with Crippen molar-refractivity contribution in [3.8, 4) is 11.3 Å². The molecule has 28 heavy (non-hydrogen) atoms. The zero-order valence-corrected chi connectivity index (χ0v) is 16.6. The molecule has 0 spiro atoms. The number of methoxy groups -OCH3 is 1. The smallest absolute Gasteiger partial charge is 0.269 e. The van der Waals surface area contributed by atoms with Crippen LogP contribution in [0.1, 0.15) is 18.2 Å². The van der Waals surface area contributed by atoms with Gasteiger partial charge in [0, 0.05) is 37.0 Å². The van der Waals surface area contributed by atoms with E-state index >= 15 is 0 Å². The minimum Gasteiger partial charge on any atom is -0.377 e. The summed E-state index contributed by atoms with van der Waals surface area (Å²) < 4.78 is 12.1. The van der Waals surface area contributed by atoms with Gasteiger partial charge >= 0.3 is 0 Å². The van der Waals surface area contributed by atoms with Gasteiger partial charge in [-0.15, -0.1) is 0 Å². The highest BCUT2D eigenvalue weighted by molar-refractivity contribution is 6.29. The average molecular weight is 402 g/mol. The molecule has 2 atom stereocenters. The first kappa shape index (κ1) is 18.6. The molecule has 146 valence electrons. The predicted molar refractivity (Wildman–Crippen MR) is 105 cm³/mol. The lowest BCUT2D eigenvalue weighted by Crippen LogP contribution is -2.59. The lowest BCUT2D eigenvalue weighted by Gasteiger charge is -2.46. The number of nitrogens with zero attached hydrogens (tertiary/aromatic N) is 5. The fraction of sp³-hybridized carbons (Fsp3) is 0.368. The van der Waals surface area contributed by atoms with E-state index < -0.39 is 0 Å². The van der Waals surface area contributed by atoms with Crippen molar-refractivity contribution < 1.29 is 9.26 Å². The zero-order valence-electron chi connectivity index (χ0n) is 15.8. The Hall–Kier alpha value is -2.71. The summed E-state index contributed by atoms with van der Waals surface area (Å²) in [5.41, 5.74) is 2.78. The third kappa shape index (κ3) is 3.29. The molecular weight excluding hydrogens is 382 g/mol. The number of rotatable bonds is 5. The van der Waals surface area contributed by atoms with Gasteiger partial charge in [-0.1, -0.05) is 16.8 Å². The Balaban J connectivity index is 1.60. The van der Waals surface area contributed by atoms with Crippen molar-refractivity contribution in [3.05, 3.63) is 57.4 Å². The Bertz CT molecular complexity index is 1050. The third-order valence-corrected chi connectivity index (χ3v) is 5.41. The first-order valence-electron chi connectivity index (χ1n) is 8.91. The maximum Gasteiger partial charge on any atom is 0.269 e. The zero-order chi connectivity index (χ0) is 19.8. The van der Waals surface area contributed by atoms with Crippen molar-refractivity contribution in [3.63, 3.8) is 0 Å². The van der Waals surface area contributed by atoms with Gasteiger partial charge in [0.2, 0.25) is 0 Å². The Morgan fingerprint density at radius 2 is 2.18 bits per heavy atom. The molecule has 0 unspecified atom stereocenters. The molecule has 0 bridgehead atoms. The number of pyridine rings is 1. The summed E-state index contributed by atoms with van der Waals surface area (Å²) in [5.74, 6) is 0.627. The lowest BCUT2D eigenvalue weighted by atomic mass is 10.0. The molecule has 4 rings (SSSR count). The van der Waals surface area contributed by atoms with Gasteiger partial charge in [0.25, 0.3) is 5.56 Å². The van der Waals surface area contributed by atoms with E-state index in [1.165, 1.54) is 4.68 Å². The molecule has 8 nitrogen and oxygen atoms in total. The molecule has 0 aromatic carbocycles. The predicted octanol–water partition coefficient (Wildman–Crippen LogP) is 2.53. The number of halogens is 1. The molecule has 9 heteroatoms. The van der Waals surface area contributed by atoms with Gasteiger partial charge in [0.15, 0.2) is 0 Å². The third-order valence-electron chi connectivity index (χ3n) is 5.19. The number of ether oxygens (including phenoxy) is 1. The molecular formula is C19H20ClN5O3. The van der Waals surface area contributed by atoms with Gasteiger partial charge in [-0.25, -0.2) is 9.67 Å². The standard InChI is InChI=1S/C19H20ClN5O3/c1-11-16(27-3)10-24(11)14-6-18(26)25(22-8-14)9-15-12(2)28-23-19(15)13-4-5-17(20)21-7-13/h4-8,11,16H,9-10H2,1-3H3/t11-,16-/m0/s1. The number of hydrogen-bond donors (Lipinski definition) is 0. The second kappa shape index (κ2) is 7.37. The van der Waals surface area contributed by atoms with Crippen LogP contribution in [0.3, 0.4) is 0 Å². The summed E-state index contributed by atoms with van der Waals surface area (Å²) >= 11 is 5.86. The topological polar surface area (TPSA) is 86.3 Å². The molecule has 0 amide bonds. The van der Waals surface area contributed by atoms with Crippen LogP contribution in [0.25, 0.3) is 11.3 Å². The van der Waals surface area contributed by atoms with Crippen LogP contribution in [0.2, 0.25) is 5.15 Å². The van der Waals surface area contributed by atoms with E-state index in [1.807, 2.05) is 6.07 Å². The van der Waals surface area contributed by atoms with Gasteiger partial charge < -0.3 is 14.2 Å². The normalized spacial score (nSPS) is 18.9. The van der Waals surface area contributed by atoms with Crippen molar-refractivity contribution >= 4 is 17.3 Å². The molecule has 4 heterocycles. The summed E-state index contributed by atoms with van der Waals surface area (Å²) in [6.07, 6.45) is 3.51. The molecule has 3 aromatic heterocycles. The maximum absolute atomic E-state index is 12.6. The largest absolute Gasteiger partial charge is 0.377 e. The minimum absolute atomic E-state index is 0.178. The van der Waals surface area contributed by atoms with Crippen LogP contribution < -0.4 is 10.5 Å². The van der Waals surface area contributed by atoms with Crippen molar-refractivity contribution in [1.29, 1.82) is 0 Å². The molecule has 0 N–H and O–H groups in total. The van der Waals surface area contributed by atoms with Crippen LogP contribution in [-0.2, 0) is 11.3 Å². The Morgan fingerprint density at radius 3 is 2.82 bits per heavy atom. The van der Waals surface area contributed by atoms with Crippen molar-refractivity contribution in [2.75, 3.05) is 18.6 Å². The van der Waals surface area contributed by atoms with Crippen LogP contribution >= 0.6 is 11.6 Å². The molecule has 0 radical (unpaired) electrons. The Kier molecular flexibility index (Phi) is 4.91. The maximum atomic E-state index is 12.6. The van der Waals surface area contributed by atoms with Crippen LogP contribution in [0, 0.1) is 6.92 Å². The highest BCUT2D eigenvalue weighted by atomic mass is 35.5. The molecule has 0 saturated carbocycles. The summed E-state index contributed by atoms with van der Waals surface area (Å²) in [7, 11) is 1.70. The van der Waals surface area contributed by atoms with E-state index in [-0.39, 0.29) is 24.2 Å². The van der Waals surface area contributed by atoms with Crippen molar-refractivity contribution in [1.82, 2.24) is 19.9 Å². The van der Waals surface area contributed by atoms with Gasteiger partial charge in [0.1, 0.15) is 16.6 Å². The summed E-state index contributed by atoms with van der Waals surface area (Å²) in [4.78, 5) is 18.8. The fourth-order valence-corrected chi connectivity index (χ4v) is 3.47. The number of hydrogen-bond acceptors (Lipinski definition) is 7. The quantitative estimate of drug-likeness (QED) is 0.607. The first-order valence-corrected chi connectivity index (χ1v) is 9.29. The Labute approximate surface area is 166 Å². The number of aryl methyl sites for hydroxylation is 1. The van der Waals surface area contributed by atoms with Crippen LogP contribution in [0.4, 0.5) is 5.69 Å². The van der Waals surface area contributed by atoms with E-state index in [0.29, 0.717) is 16.6 Å². The van der Waals surface area contributed by atoms with Crippen LogP contribution in [0.15, 0.2) is 39.9 Å². The number of anilines is 1. The van der Waals surface area contributed by atoms with Crippen LogP contribution in [-0.4, -0.2) is 45.7 Å².